The molecule has 2 heterocycles. The van der Waals surface area contributed by atoms with Crippen LogP contribution < -0.4 is 5.32 Å². The lowest BCUT2D eigenvalue weighted by Crippen LogP contribution is -2.27. The van der Waals surface area contributed by atoms with Crippen molar-refractivity contribution in [1.82, 2.24) is 30.2 Å². The highest BCUT2D eigenvalue weighted by Gasteiger charge is 2.45. The van der Waals surface area contributed by atoms with Gasteiger partial charge in [-0.25, -0.2) is 9.37 Å². The molecule has 0 bridgehead atoms. The lowest BCUT2D eigenvalue weighted by Gasteiger charge is -2.18. The van der Waals surface area contributed by atoms with Gasteiger partial charge in [-0.05, 0) is 98.2 Å². The van der Waals surface area contributed by atoms with Gasteiger partial charge in [0.15, 0.2) is 0 Å². The first-order chi connectivity index (χ1) is 19.5. The van der Waals surface area contributed by atoms with Crippen LogP contribution in [0.3, 0.4) is 0 Å². The Balaban J connectivity index is 1.26. The number of anilines is 1. The minimum Gasteiger partial charge on any atom is -0.481 e. The minimum absolute atomic E-state index is 0.0884. The molecule has 3 atom stereocenters. The van der Waals surface area contributed by atoms with Crippen LogP contribution in [-0.4, -0.2) is 52.0 Å². The molecular weight excluding hydrogens is 525 g/mol. The number of tetrazole rings is 1. The van der Waals surface area contributed by atoms with Gasteiger partial charge in [0.05, 0.1) is 42.2 Å². The molecule has 212 valence electrons. The lowest BCUT2D eigenvalue weighted by atomic mass is 9.89. The molecule has 0 saturated heterocycles. The number of benzene rings is 2. The Labute approximate surface area is 236 Å². The number of aryl methyl sites for hydroxylation is 2. The van der Waals surface area contributed by atoms with Gasteiger partial charge in [-0.3, -0.25) is 9.78 Å². The molecule has 1 saturated carbocycles. The predicted molar refractivity (Wildman–Crippen MR) is 150 cm³/mol. The van der Waals surface area contributed by atoms with Crippen molar-refractivity contribution in [2.45, 2.75) is 71.1 Å². The Morgan fingerprint density at radius 1 is 1.17 bits per heavy atom. The van der Waals surface area contributed by atoms with Crippen molar-refractivity contribution >= 4 is 11.8 Å². The number of fused-ring (bicyclic) bond motifs is 1. The van der Waals surface area contributed by atoms with Gasteiger partial charge in [0.25, 0.3) is 0 Å². The lowest BCUT2D eigenvalue weighted by molar-refractivity contribution is -0.138. The number of aliphatic carboxylic acids is 1. The topological polar surface area (TPSA) is 139 Å². The number of carbonyl (C=O) groups is 1. The van der Waals surface area contributed by atoms with E-state index in [4.69, 9.17) is 0 Å². The molecule has 0 radical (unpaired) electrons. The first-order valence-electron chi connectivity index (χ1n) is 13.7. The fourth-order valence-corrected chi connectivity index (χ4v) is 5.96. The Morgan fingerprint density at radius 3 is 2.56 bits per heavy atom. The van der Waals surface area contributed by atoms with Gasteiger partial charge in [-0.1, -0.05) is 6.07 Å². The number of hydrogen-bond acceptors (Lipinski definition) is 8. The zero-order valence-electron chi connectivity index (χ0n) is 23.4. The summed E-state index contributed by atoms with van der Waals surface area (Å²) in [7, 11) is 0. The van der Waals surface area contributed by atoms with Crippen LogP contribution in [-0.2, 0) is 17.8 Å². The van der Waals surface area contributed by atoms with E-state index in [2.05, 4.69) is 30.7 Å². The van der Waals surface area contributed by atoms with Crippen molar-refractivity contribution in [2.24, 2.45) is 5.92 Å². The smallest absolute Gasteiger partial charge is 0.307 e. The molecule has 2 aromatic carbocycles. The van der Waals surface area contributed by atoms with Crippen molar-refractivity contribution in [2.75, 3.05) is 5.32 Å². The molecule has 3 N–H and O–H groups in total. The molecule has 1 unspecified atom stereocenters. The largest absolute Gasteiger partial charge is 0.481 e. The van der Waals surface area contributed by atoms with Crippen LogP contribution >= 0.6 is 0 Å². The average molecular weight is 558 g/mol. The van der Waals surface area contributed by atoms with Gasteiger partial charge in [0, 0.05) is 17.0 Å². The maximum Gasteiger partial charge on any atom is 0.307 e. The van der Waals surface area contributed by atoms with E-state index in [1.54, 1.807) is 26.2 Å². The van der Waals surface area contributed by atoms with Gasteiger partial charge in [0.1, 0.15) is 11.6 Å². The van der Waals surface area contributed by atoms with E-state index in [9.17, 15) is 15.0 Å². The fraction of sp³-hybridized carbons (Fsp3) is 0.400. The molecule has 0 amide bonds. The SMILES string of the molecule is Cc1cc(-c2nnn(CC(C)(C)O)n2)cc(C)c1-c1ccc(F)c2c1CC[C@H]2Nc1cnc(C2C[C@H]2C(=O)O)cn1. The van der Waals surface area contributed by atoms with Crippen LogP contribution in [0.2, 0.25) is 0 Å². The maximum atomic E-state index is 15.3. The van der Waals surface area contributed by atoms with Crippen molar-refractivity contribution in [3.8, 4) is 22.5 Å². The number of nitrogens with one attached hydrogen (secondary N) is 1. The van der Waals surface area contributed by atoms with Crippen molar-refractivity contribution < 1.29 is 19.4 Å². The van der Waals surface area contributed by atoms with E-state index < -0.39 is 11.6 Å². The highest BCUT2D eigenvalue weighted by Crippen LogP contribution is 2.47. The summed E-state index contributed by atoms with van der Waals surface area (Å²) in [5.41, 5.74) is 6.25. The number of rotatable bonds is 8. The van der Waals surface area contributed by atoms with E-state index in [0.717, 1.165) is 33.4 Å². The molecular formula is C30H32FN7O3. The minimum atomic E-state index is -0.957. The van der Waals surface area contributed by atoms with E-state index in [1.165, 1.54) is 10.9 Å². The van der Waals surface area contributed by atoms with Gasteiger partial charge in [0.2, 0.25) is 5.82 Å². The molecule has 2 aliphatic rings. The van der Waals surface area contributed by atoms with Crippen molar-refractivity contribution in [1.29, 1.82) is 0 Å². The van der Waals surface area contributed by atoms with Crippen LogP contribution in [0.4, 0.5) is 10.2 Å². The Bertz CT molecular complexity index is 1620. The van der Waals surface area contributed by atoms with Crippen LogP contribution in [0, 0.1) is 25.6 Å². The molecule has 41 heavy (non-hydrogen) atoms. The molecule has 0 aliphatic heterocycles. The predicted octanol–water partition coefficient (Wildman–Crippen LogP) is 4.61. The summed E-state index contributed by atoms with van der Waals surface area (Å²) in [6.07, 6.45) is 5.22. The second-order valence-electron chi connectivity index (χ2n) is 11.8. The number of nitrogens with zero attached hydrogens (tertiary/aromatic N) is 6. The second-order valence-corrected chi connectivity index (χ2v) is 11.8. The van der Waals surface area contributed by atoms with E-state index in [0.29, 0.717) is 42.2 Å². The zero-order valence-corrected chi connectivity index (χ0v) is 23.4. The third-order valence-electron chi connectivity index (χ3n) is 7.86. The summed E-state index contributed by atoms with van der Waals surface area (Å²) in [6.45, 7) is 7.67. The molecule has 0 spiro atoms. The standard InChI is InChI=1S/C30H32FN7O3/c1-15-9-17(28-35-37-38(36-28)14-30(3,4)41)10-16(2)26(15)18-5-7-22(31)27-19(18)6-8-23(27)34-25-13-32-24(12-33-25)20-11-21(20)29(39)40/h5,7,9-10,12-13,20-21,23,41H,6,8,11,14H2,1-4H3,(H,33,34)(H,39,40)/t20?,21-,23-/m1/s1. The van der Waals surface area contributed by atoms with Crippen LogP contribution in [0.1, 0.15) is 66.6 Å². The highest BCUT2D eigenvalue weighted by atomic mass is 19.1. The molecule has 6 rings (SSSR count). The van der Waals surface area contributed by atoms with Crippen molar-refractivity contribution in [3.63, 3.8) is 0 Å². The normalized spacial score (nSPS) is 19.7. The summed E-state index contributed by atoms with van der Waals surface area (Å²) in [6, 6.07) is 7.15. The monoisotopic (exact) mass is 557 g/mol. The summed E-state index contributed by atoms with van der Waals surface area (Å²) in [5, 5.41) is 35.3. The van der Waals surface area contributed by atoms with Gasteiger partial charge >= 0.3 is 5.97 Å². The first kappa shape index (κ1) is 26.9. The maximum absolute atomic E-state index is 15.3. The van der Waals surface area contributed by atoms with Gasteiger partial charge in [-0.15, -0.1) is 10.2 Å². The molecule has 11 heteroatoms. The number of aromatic nitrogens is 6. The van der Waals surface area contributed by atoms with E-state index in [1.807, 2.05) is 32.0 Å². The molecule has 4 aromatic rings. The van der Waals surface area contributed by atoms with Crippen LogP contribution in [0.5, 0.6) is 0 Å². The summed E-state index contributed by atoms with van der Waals surface area (Å²) < 4.78 is 15.3. The summed E-state index contributed by atoms with van der Waals surface area (Å²) in [5.74, 6) is -0.528. The summed E-state index contributed by atoms with van der Waals surface area (Å²) in [4.78, 5) is 21.4. The second kappa shape index (κ2) is 9.99. The van der Waals surface area contributed by atoms with Crippen LogP contribution in [0.25, 0.3) is 22.5 Å². The Kier molecular flexibility index (Phi) is 6.56. The summed E-state index contributed by atoms with van der Waals surface area (Å²) >= 11 is 0. The Morgan fingerprint density at radius 2 is 1.93 bits per heavy atom. The third-order valence-corrected chi connectivity index (χ3v) is 7.86. The molecule has 10 nitrogen and oxygen atoms in total. The first-order valence-corrected chi connectivity index (χ1v) is 13.7. The number of carboxylic acid groups (broad SMARTS) is 1. The van der Waals surface area contributed by atoms with Crippen LogP contribution in [0.15, 0.2) is 36.7 Å². The van der Waals surface area contributed by atoms with Crippen molar-refractivity contribution in [3.05, 3.63) is 70.4 Å². The fourth-order valence-electron chi connectivity index (χ4n) is 5.96. The number of hydrogen-bond donors (Lipinski definition) is 3. The van der Waals surface area contributed by atoms with E-state index >= 15 is 4.39 Å². The average Bonchev–Trinajstić information content (AvgIpc) is 3.40. The third kappa shape index (κ3) is 5.29. The van der Waals surface area contributed by atoms with Gasteiger partial charge in [-0.2, -0.15) is 4.80 Å². The highest BCUT2D eigenvalue weighted by molar-refractivity contribution is 5.79. The van der Waals surface area contributed by atoms with E-state index in [-0.39, 0.29) is 30.2 Å². The number of carboxylic acids is 1. The zero-order chi connectivity index (χ0) is 29.1. The Hall–Kier alpha value is -4.25. The quantitative estimate of drug-likeness (QED) is 0.283. The molecule has 2 aromatic heterocycles. The number of aliphatic hydroxyl groups is 1. The molecule has 2 aliphatic carbocycles. The van der Waals surface area contributed by atoms with Gasteiger partial charge < -0.3 is 15.5 Å². The number of halogens is 1. The molecule has 1 fully saturated rings.